The van der Waals surface area contributed by atoms with Gasteiger partial charge in [-0.15, -0.1) is 11.3 Å². The number of fused-ring (bicyclic) bond motifs is 5. The van der Waals surface area contributed by atoms with E-state index in [0.717, 1.165) is 4.47 Å². The van der Waals surface area contributed by atoms with Gasteiger partial charge in [0.05, 0.1) is 0 Å². The summed E-state index contributed by atoms with van der Waals surface area (Å²) < 4.78 is 3.83. The molecule has 0 bridgehead atoms. The van der Waals surface area contributed by atoms with Gasteiger partial charge in [-0.05, 0) is 40.1 Å². The van der Waals surface area contributed by atoms with E-state index in [0.29, 0.717) is 0 Å². The molecule has 0 amide bonds. The minimum atomic E-state index is 1.11. The smallest absolute Gasteiger partial charge is 0.0434 e. The first-order chi connectivity index (χ1) is 11.8. The van der Waals surface area contributed by atoms with Gasteiger partial charge in [-0.3, -0.25) is 0 Å². The van der Waals surface area contributed by atoms with Crippen LogP contribution >= 0.6 is 27.3 Å². The summed E-state index contributed by atoms with van der Waals surface area (Å²) in [7, 11) is 0. The number of thiophene rings is 1. The van der Waals surface area contributed by atoms with Gasteiger partial charge < -0.3 is 0 Å². The van der Waals surface area contributed by atoms with Gasteiger partial charge >= 0.3 is 0 Å². The van der Waals surface area contributed by atoms with E-state index in [4.69, 9.17) is 0 Å². The summed E-state index contributed by atoms with van der Waals surface area (Å²) in [6, 6.07) is 28.4. The Morgan fingerprint density at radius 3 is 2.33 bits per heavy atom. The van der Waals surface area contributed by atoms with Crippen LogP contribution in [-0.2, 0) is 0 Å². The molecule has 0 aliphatic carbocycles. The van der Waals surface area contributed by atoms with Gasteiger partial charge in [-0.25, -0.2) is 0 Å². The lowest BCUT2D eigenvalue weighted by atomic mass is 10.00. The molecule has 24 heavy (non-hydrogen) atoms. The molecule has 4 aromatic carbocycles. The van der Waals surface area contributed by atoms with E-state index in [1.54, 1.807) is 0 Å². The zero-order valence-corrected chi connectivity index (χ0v) is 15.2. The Hall–Kier alpha value is -2.16. The highest BCUT2D eigenvalue weighted by Crippen LogP contribution is 2.42. The second-order valence-corrected chi connectivity index (χ2v) is 7.92. The Morgan fingerprint density at radius 2 is 1.46 bits per heavy atom. The summed E-state index contributed by atoms with van der Waals surface area (Å²) in [6.45, 7) is 0. The Balaban J connectivity index is 1.91. The van der Waals surface area contributed by atoms with E-state index in [2.05, 4.69) is 94.8 Å². The third-order valence-corrected chi connectivity index (χ3v) is 6.28. The topological polar surface area (TPSA) is 0 Å². The van der Waals surface area contributed by atoms with Crippen LogP contribution in [0.15, 0.2) is 83.3 Å². The Kier molecular flexibility index (Phi) is 3.22. The first-order valence-electron chi connectivity index (χ1n) is 7.90. The van der Waals surface area contributed by atoms with Crippen LogP contribution in [-0.4, -0.2) is 0 Å². The van der Waals surface area contributed by atoms with Crippen molar-refractivity contribution in [3.63, 3.8) is 0 Å². The van der Waals surface area contributed by atoms with Gasteiger partial charge in [0.2, 0.25) is 0 Å². The molecule has 0 aliphatic heterocycles. The molecule has 114 valence electrons. The monoisotopic (exact) mass is 388 g/mol. The van der Waals surface area contributed by atoms with Crippen LogP contribution in [0, 0.1) is 0 Å². The highest BCUT2D eigenvalue weighted by molar-refractivity contribution is 9.10. The van der Waals surface area contributed by atoms with E-state index in [1.165, 1.54) is 42.1 Å². The number of halogens is 1. The third kappa shape index (κ3) is 2.10. The summed E-state index contributed by atoms with van der Waals surface area (Å²) in [5, 5.41) is 5.38. The molecule has 1 heterocycles. The van der Waals surface area contributed by atoms with Crippen LogP contribution in [0.5, 0.6) is 0 Å². The van der Waals surface area contributed by atoms with Crippen molar-refractivity contribution in [1.29, 1.82) is 0 Å². The molecule has 0 radical (unpaired) electrons. The van der Waals surface area contributed by atoms with Crippen LogP contribution in [0.2, 0.25) is 0 Å². The van der Waals surface area contributed by atoms with Gasteiger partial charge in [-0.2, -0.15) is 0 Å². The maximum absolute atomic E-state index is 3.53. The summed E-state index contributed by atoms with van der Waals surface area (Å²) in [5.74, 6) is 0. The predicted octanol–water partition coefficient (Wildman–Crippen LogP) is 7.64. The highest BCUT2D eigenvalue weighted by atomic mass is 79.9. The van der Waals surface area contributed by atoms with E-state index < -0.39 is 0 Å². The Labute approximate surface area is 152 Å². The van der Waals surface area contributed by atoms with Gasteiger partial charge in [-0.1, -0.05) is 76.6 Å². The lowest BCUT2D eigenvalue weighted by molar-refractivity contribution is 1.63. The average Bonchev–Trinajstić information content (AvgIpc) is 3.01. The predicted molar refractivity (Wildman–Crippen MR) is 110 cm³/mol. The van der Waals surface area contributed by atoms with Gasteiger partial charge in [0.1, 0.15) is 0 Å². The van der Waals surface area contributed by atoms with Crippen LogP contribution in [0.3, 0.4) is 0 Å². The van der Waals surface area contributed by atoms with Crippen molar-refractivity contribution in [3.05, 3.63) is 83.3 Å². The normalized spacial score (nSPS) is 11.5. The Bertz CT molecular complexity index is 1200. The molecule has 5 aromatic rings. The lowest BCUT2D eigenvalue weighted by Crippen LogP contribution is -1.78. The first kappa shape index (κ1) is 14.2. The minimum absolute atomic E-state index is 1.11. The molecular formula is C22H13BrS. The Morgan fingerprint density at radius 1 is 0.667 bits per heavy atom. The minimum Gasteiger partial charge on any atom is -0.135 e. The largest absolute Gasteiger partial charge is 0.135 e. The zero-order chi connectivity index (χ0) is 16.1. The fraction of sp³-hybridized carbons (Fsp3) is 0. The van der Waals surface area contributed by atoms with Crippen LogP contribution in [0.4, 0.5) is 0 Å². The maximum Gasteiger partial charge on any atom is 0.0434 e. The third-order valence-electron chi connectivity index (χ3n) is 4.54. The number of rotatable bonds is 1. The molecule has 0 saturated heterocycles. The standard InChI is InChI=1S/C22H13BrS/c23-16-11-8-15(9-12-16)18-6-3-7-19-21-17-5-2-1-4-14(17)10-13-20(21)24-22(18)19/h1-13H. The molecule has 1 aromatic heterocycles. The number of hydrogen-bond acceptors (Lipinski definition) is 1. The van der Waals surface area contributed by atoms with E-state index >= 15 is 0 Å². The average molecular weight is 389 g/mol. The molecule has 0 N–H and O–H groups in total. The van der Waals surface area contributed by atoms with Crippen LogP contribution in [0.25, 0.3) is 42.1 Å². The van der Waals surface area contributed by atoms with Crippen molar-refractivity contribution >= 4 is 58.2 Å². The molecule has 0 unspecified atom stereocenters. The van der Waals surface area contributed by atoms with Gasteiger partial charge in [0.25, 0.3) is 0 Å². The molecule has 0 aliphatic rings. The second-order valence-electron chi connectivity index (χ2n) is 5.95. The van der Waals surface area contributed by atoms with Crippen molar-refractivity contribution in [3.8, 4) is 11.1 Å². The van der Waals surface area contributed by atoms with Gasteiger partial charge in [0.15, 0.2) is 0 Å². The second kappa shape index (κ2) is 5.44. The van der Waals surface area contributed by atoms with E-state index in [-0.39, 0.29) is 0 Å². The molecular weight excluding hydrogens is 376 g/mol. The van der Waals surface area contributed by atoms with Crippen molar-refractivity contribution in [2.75, 3.05) is 0 Å². The van der Waals surface area contributed by atoms with Crippen molar-refractivity contribution in [1.82, 2.24) is 0 Å². The highest BCUT2D eigenvalue weighted by Gasteiger charge is 2.12. The molecule has 0 fully saturated rings. The summed E-state index contributed by atoms with van der Waals surface area (Å²) in [4.78, 5) is 0. The quantitative estimate of drug-likeness (QED) is 0.276. The summed E-state index contributed by atoms with van der Waals surface area (Å²) in [5.41, 5.74) is 2.57. The summed E-state index contributed by atoms with van der Waals surface area (Å²) >= 11 is 5.42. The van der Waals surface area contributed by atoms with E-state index in [1.807, 2.05) is 11.3 Å². The molecule has 0 nitrogen and oxygen atoms in total. The van der Waals surface area contributed by atoms with Gasteiger partial charge in [0, 0.05) is 24.6 Å². The molecule has 0 atom stereocenters. The lowest BCUT2D eigenvalue weighted by Gasteiger charge is -2.04. The van der Waals surface area contributed by atoms with Crippen molar-refractivity contribution in [2.45, 2.75) is 0 Å². The van der Waals surface area contributed by atoms with Crippen LogP contribution < -0.4 is 0 Å². The number of benzene rings is 4. The first-order valence-corrected chi connectivity index (χ1v) is 9.51. The SMILES string of the molecule is Brc1ccc(-c2cccc3c2sc2ccc4ccccc4c23)cc1. The fourth-order valence-electron chi connectivity index (χ4n) is 3.42. The van der Waals surface area contributed by atoms with Crippen LogP contribution in [0.1, 0.15) is 0 Å². The van der Waals surface area contributed by atoms with Crippen molar-refractivity contribution < 1.29 is 0 Å². The summed E-state index contributed by atoms with van der Waals surface area (Å²) in [6.07, 6.45) is 0. The fourth-order valence-corrected chi connectivity index (χ4v) is 4.94. The molecule has 5 rings (SSSR count). The molecule has 0 spiro atoms. The maximum atomic E-state index is 3.53. The van der Waals surface area contributed by atoms with Crippen molar-refractivity contribution in [2.24, 2.45) is 0 Å². The number of hydrogen-bond donors (Lipinski definition) is 0. The molecule has 0 saturated carbocycles. The zero-order valence-electron chi connectivity index (χ0n) is 12.8. The molecule has 2 heteroatoms. The van der Waals surface area contributed by atoms with E-state index in [9.17, 15) is 0 Å².